The van der Waals surface area contributed by atoms with Crippen LogP contribution in [0.4, 0.5) is 0 Å². The van der Waals surface area contributed by atoms with Crippen molar-refractivity contribution in [2.75, 3.05) is 12.4 Å². The number of aliphatic hydroxyl groups is 1. The van der Waals surface area contributed by atoms with Crippen LogP contribution in [0.1, 0.15) is 38.2 Å². The Bertz CT molecular complexity index is 1280. The molecule has 1 N–H and O–H groups in total. The fraction of sp³-hybridized carbons (Fsp3) is 0.417. The van der Waals surface area contributed by atoms with Gasteiger partial charge >= 0.3 is 0 Å². The molecule has 4 rings (SSSR count). The minimum Gasteiger partial charge on any atom is -0.396 e. The lowest BCUT2D eigenvalue weighted by atomic mass is 9.71. The molecule has 1 saturated carbocycles. The average Bonchev–Trinajstić information content (AvgIpc) is 3.22. The quantitative estimate of drug-likeness (QED) is 0.562. The van der Waals surface area contributed by atoms with Gasteiger partial charge in [-0.2, -0.15) is 5.10 Å². The molecule has 0 radical (unpaired) electrons. The predicted molar refractivity (Wildman–Crippen MR) is 124 cm³/mol. The summed E-state index contributed by atoms with van der Waals surface area (Å²) in [6.45, 7) is 4.47. The van der Waals surface area contributed by atoms with Gasteiger partial charge in [0.15, 0.2) is 9.84 Å². The van der Waals surface area contributed by atoms with Crippen molar-refractivity contribution in [3.05, 3.63) is 64.8 Å². The zero-order chi connectivity index (χ0) is 22.9. The Morgan fingerprint density at radius 1 is 1.16 bits per heavy atom. The van der Waals surface area contributed by atoms with Gasteiger partial charge in [-0.25, -0.2) is 13.1 Å². The van der Waals surface area contributed by atoms with Crippen LogP contribution in [-0.2, 0) is 16.4 Å². The lowest BCUT2D eigenvalue weighted by molar-refractivity contribution is 0.0667. The molecular formula is C24H29N3O4S. The average molecular weight is 456 g/mol. The van der Waals surface area contributed by atoms with Gasteiger partial charge in [0, 0.05) is 42.6 Å². The van der Waals surface area contributed by atoms with Crippen molar-refractivity contribution >= 4 is 9.84 Å². The zero-order valence-corrected chi connectivity index (χ0v) is 19.3. The van der Waals surface area contributed by atoms with Crippen LogP contribution in [0.25, 0.3) is 16.8 Å². The van der Waals surface area contributed by atoms with Crippen LogP contribution in [0.3, 0.4) is 0 Å². The number of sulfone groups is 1. The largest absolute Gasteiger partial charge is 0.396 e. The summed E-state index contributed by atoms with van der Waals surface area (Å²) in [7, 11) is -3.48. The molecular weight excluding hydrogens is 426 g/mol. The van der Waals surface area contributed by atoms with Crippen LogP contribution < -0.4 is 5.56 Å². The smallest absolute Gasteiger partial charge is 0.250 e. The van der Waals surface area contributed by atoms with Gasteiger partial charge in [-0.05, 0) is 55.5 Å². The van der Waals surface area contributed by atoms with Crippen LogP contribution in [0.15, 0.2) is 58.6 Å². The molecule has 0 atom stereocenters. The molecule has 1 aliphatic rings. The van der Waals surface area contributed by atoms with Gasteiger partial charge in [-0.15, -0.1) is 0 Å². The minimum atomic E-state index is -3.48. The predicted octanol–water partition coefficient (Wildman–Crippen LogP) is 3.36. The number of pyridine rings is 1. The maximum absolute atomic E-state index is 12.9. The van der Waals surface area contributed by atoms with Crippen molar-refractivity contribution in [3.63, 3.8) is 0 Å². The SMILES string of the molecule is CCCn1cc(-n2cc(-c3ccc(S(=O)(=O)CC4(CO)CCC4)cc3C)cn2)ccc1=O. The molecule has 0 saturated heterocycles. The molecule has 1 aromatic carbocycles. The van der Waals surface area contributed by atoms with Gasteiger partial charge in [0.1, 0.15) is 0 Å². The Kier molecular flexibility index (Phi) is 6.09. The first-order valence-electron chi connectivity index (χ1n) is 11.0. The molecule has 3 aromatic rings. The Labute approximate surface area is 188 Å². The van der Waals surface area contributed by atoms with Crippen molar-refractivity contribution in [1.29, 1.82) is 0 Å². The van der Waals surface area contributed by atoms with Gasteiger partial charge in [-0.1, -0.05) is 19.4 Å². The van der Waals surface area contributed by atoms with Crippen LogP contribution in [0, 0.1) is 12.3 Å². The molecule has 2 heterocycles. The minimum absolute atomic E-state index is 0.0132. The third-order valence-electron chi connectivity index (χ3n) is 6.39. The highest BCUT2D eigenvalue weighted by atomic mass is 32.2. The Hall–Kier alpha value is -2.71. The number of rotatable bonds is 8. The first kappa shape index (κ1) is 22.5. The summed E-state index contributed by atoms with van der Waals surface area (Å²) in [6.07, 6.45) is 8.75. The van der Waals surface area contributed by atoms with E-state index in [2.05, 4.69) is 5.10 Å². The highest BCUT2D eigenvalue weighted by Crippen LogP contribution is 2.42. The molecule has 0 unspecified atom stereocenters. The van der Waals surface area contributed by atoms with Gasteiger partial charge < -0.3 is 9.67 Å². The molecule has 170 valence electrons. The third-order valence-corrected chi connectivity index (χ3v) is 8.36. The number of nitrogens with zero attached hydrogens (tertiary/aromatic N) is 3. The molecule has 0 aliphatic heterocycles. The Balaban J connectivity index is 1.60. The topological polar surface area (TPSA) is 94.2 Å². The normalized spacial score (nSPS) is 15.5. The third kappa shape index (κ3) is 4.29. The summed E-state index contributed by atoms with van der Waals surface area (Å²) in [5.41, 5.74) is 2.87. The van der Waals surface area contributed by atoms with E-state index in [0.717, 1.165) is 48.1 Å². The highest BCUT2D eigenvalue weighted by molar-refractivity contribution is 7.91. The monoisotopic (exact) mass is 455 g/mol. The van der Waals surface area contributed by atoms with E-state index in [0.29, 0.717) is 6.54 Å². The second-order valence-corrected chi connectivity index (χ2v) is 10.8. The summed E-state index contributed by atoms with van der Waals surface area (Å²) in [4.78, 5) is 12.3. The van der Waals surface area contributed by atoms with Crippen LogP contribution in [-0.4, -0.2) is 40.2 Å². The molecule has 7 nitrogen and oxygen atoms in total. The van der Waals surface area contributed by atoms with Crippen molar-refractivity contribution in [3.8, 4) is 16.8 Å². The van der Waals surface area contributed by atoms with E-state index in [1.165, 1.54) is 0 Å². The second-order valence-electron chi connectivity index (χ2n) is 8.84. The van der Waals surface area contributed by atoms with E-state index in [4.69, 9.17) is 0 Å². The number of aromatic nitrogens is 3. The zero-order valence-electron chi connectivity index (χ0n) is 18.5. The van der Waals surface area contributed by atoms with Gasteiger partial charge in [-0.3, -0.25) is 4.79 Å². The van der Waals surface area contributed by atoms with Crippen molar-refractivity contribution in [1.82, 2.24) is 14.3 Å². The summed E-state index contributed by atoms with van der Waals surface area (Å²) in [6, 6.07) is 8.44. The van der Waals surface area contributed by atoms with E-state index in [9.17, 15) is 18.3 Å². The van der Waals surface area contributed by atoms with E-state index in [-0.39, 0.29) is 22.8 Å². The number of aryl methyl sites for hydroxylation is 2. The van der Waals surface area contributed by atoms with Gasteiger partial charge in [0.25, 0.3) is 5.56 Å². The van der Waals surface area contributed by atoms with Crippen LogP contribution >= 0.6 is 0 Å². The van der Waals surface area contributed by atoms with E-state index >= 15 is 0 Å². The second kappa shape index (κ2) is 8.67. The molecule has 0 bridgehead atoms. The molecule has 0 amide bonds. The number of hydrogen-bond acceptors (Lipinski definition) is 5. The molecule has 8 heteroatoms. The van der Waals surface area contributed by atoms with E-state index in [1.54, 1.807) is 45.9 Å². The van der Waals surface area contributed by atoms with Crippen molar-refractivity contribution < 1.29 is 13.5 Å². The number of aliphatic hydroxyl groups excluding tert-OH is 1. The van der Waals surface area contributed by atoms with Gasteiger partial charge in [0.05, 0.1) is 22.5 Å². The summed E-state index contributed by atoms with van der Waals surface area (Å²) in [5.74, 6) is -0.0132. The van der Waals surface area contributed by atoms with Crippen LogP contribution in [0.2, 0.25) is 0 Å². The summed E-state index contributed by atoms with van der Waals surface area (Å²) < 4.78 is 29.3. The maximum Gasteiger partial charge on any atom is 0.250 e. The Morgan fingerprint density at radius 3 is 2.56 bits per heavy atom. The standard InChI is InChI=1S/C24H29N3O4S/c1-3-11-26-15-20(5-8-23(26)29)27-14-19(13-25-27)22-7-6-21(12-18(22)2)32(30,31)17-24(16-28)9-4-10-24/h5-8,12-15,28H,3-4,9-11,16-17H2,1-2H3. The van der Waals surface area contributed by atoms with Gasteiger partial charge in [0.2, 0.25) is 0 Å². The van der Waals surface area contributed by atoms with E-state index < -0.39 is 15.3 Å². The molecule has 32 heavy (non-hydrogen) atoms. The van der Waals surface area contributed by atoms with Crippen molar-refractivity contribution in [2.24, 2.45) is 5.41 Å². The lowest BCUT2D eigenvalue weighted by Gasteiger charge is -2.39. The number of hydrogen-bond donors (Lipinski definition) is 1. The first-order chi connectivity index (χ1) is 15.3. The van der Waals surface area contributed by atoms with E-state index in [1.807, 2.05) is 26.1 Å². The number of benzene rings is 1. The lowest BCUT2D eigenvalue weighted by Crippen LogP contribution is -2.40. The molecule has 1 fully saturated rings. The molecule has 1 aliphatic carbocycles. The fourth-order valence-electron chi connectivity index (χ4n) is 4.34. The van der Waals surface area contributed by atoms with Crippen molar-refractivity contribution in [2.45, 2.75) is 51.0 Å². The summed E-state index contributed by atoms with van der Waals surface area (Å²) in [5, 5.41) is 14.1. The molecule has 2 aromatic heterocycles. The first-order valence-corrected chi connectivity index (χ1v) is 12.6. The summed E-state index contributed by atoms with van der Waals surface area (Å²) >= 11 is 0. The Morgan fingerprint density at radius 2 is 1.94 bits per heavy atom. The fourth-order valence-corrected chi connectivity index (χ4v) is 6.32. The van der Waals surface area contributed by atoms with Crippen LogP contribution in [0.5, 0.6) is 0 Å². The maximum atomic E-state index is 12.9. The highest BCUT2D eigenvalue weighted by Gasteiger charge is 2.40. The molecule has 0 spiro atoms.